The van der Waals surface area contributed by atoms with E-state index in [-0.39, 0.29) is 5.82 Å². The molecular weight excluding hydrogens is 263 g/mol. The van der Waals surface area contributed by atoms with Crippen LogP contribution < -0.4 is 0 Å². The lowest BCUT2D eigenvalue weighted by Gasteiger charge is -2.22. The van der Waals surface area contributed by atoms with E-state index in [0.717, 1.165) is 16.7 Å². The minimum Gasteiger partial charge on any atom is -0.388 e. The van der Waals surface area contributed by atoms with Crippen LogP contribution in [0, 0.1) is 40.4 Å². The van der Waals surface area contributed by atoms with Gasteiger partial charge in [-0.05, 0) is 79.6 Å². The van der Waals surface area contributed by atoms with Crippen LogP contribution in [0.2, 0.25) is 0 Å². The molecule has 0 bridgehead atoms. The Bertz CT molecular complexity index is 645. The van der Waals surface area contributed by atoms with Crippen molar-refractivity contribution < 1.29 is 9.50 Å². The Hall–Kier alpha value is -1.67. The van der Waals surface area contributed by atoms with E-state index < -0.39 is 6.10 Å². The highest BCUT2D eigenvalue weighted by Crippen LogP contribution is 2.32. The van der Waals surface area contributed by atoms with Crippen LogP contribution in [0.4, 0.5) is 4.39 Å². The summed E-state index contributed by atoms with van der Waals surface area (Å²) < 4.78 is 13.8. The van der Waals surface area contributed by atoms with Gasteiger partial charge in [0.25, 0.3) is 0 Å². The Morgan fingerprint density at radius 1 is 0.857 bits per heavy atom. The molecule has 1 atom stereocenters. The summed E-state index contributed by atoms with van der Waals surface area (Å²) in [6.45, 7) is 10.3. The van der Waals surface area contributed by atoms with E-state index in [4.69, 9.17) is 0 Å². The summed E-state index contributed by atoms with van der Waals surface area (Å²) >= 11 is 0. The lowest BCUT2D eigenvalue weighted by molar-refractivity contribution is 0.175. The number of rotatable bonds is 3. The van der Waals surface area contributed by atoms with Gasteiger partial charge in [0.05, 0.1) is 6.10 Å². The second kappa shape index (κ2) is 5.98. The van der Waals surface area contributed by atoms with E-state index in [1.807, 2.05) is 13.8 Å². The van der Waals surface area contributed by atoms with Crippen LogP contribution in [-0.4, -0.2) is 5.11 Å². The number of aliphatic hydroxyl groups excluding tert-OH is 1. The lowest BCUT2D eigenvalue weighted by atomic mass is 9.85. The molecule has 0 saturated heterocycles. The number of hydrogen-bond donors (Lipinski definition) is 1. The van der Waals surface area contributed by atoms with Gasteiger partial charge in [0.2, 0.25) is 0 Å². The van der Waals surface area contributed by atoms with Gasteiger partial charge in [0, 0.05) is 6.42 Å². The van der Waals surface area contributed by atoms with Crippen LogP contribution >= 0.6 is 0 Å². The number of hydrogen-bond acceptors (Lipinski definition) is 1. The SMILES string of the molecule is Cc1c(C)c(C)c(C(O)Cc2ccccc2F)c(C)c1C. The average molecular weight is 286 g/mol. The van der Waals surface area contributed by atoms with Gasteiger partial charge in [-0.2, -0.15) is 0 Å². The van der Waals surface area contributed by atoms with E-state index in [9.17, 15) is 9.50 Å². The van der Waals surface area contributed by atoms with Gasteiger partial charge < -0.3 is 5.11 Å². The van der Waals surface area contributed by atoms with Crippen LogP contribution in [-0.2, 0) is 6.42 Å². The van der Waals surface area contributed by atoms with Crippen LogP contribution in [0.5, 0.6) is 0 Å². The Labute approximate surface area is 126 Å². The molecule has 21 heavy (non-hydrogen) atoms. The Kier molecular flexibility index (Phi) is 4.48. The van der Waals surface area contributed by atoms with E-state index in [2.05, 4.69) is 20.8 Å². The molecular formula is C19H23FO. The largest absolute Gasteiger partial charge is 0.388 e. The van der Waals surface area contributed by atoms with Crippen molar-refractivity contribution >= 4 is 0 Å². The molecule has 0 radical (unpaired) electrons. The highest BCUT2D eigenvalue weighted by molar-refractivity contribution is 5.50. The van der Waals surface area contributed by atoms with Crippen molar-refractivity contribution in [3.05, 3.63) is 69.0 Å². The molecule has 0 aliphatic rings. The fourth-order valence-corrected chi connectivity index (χ4v) is 3.00. The fraction of sp³-hybridized carbons (Fsp3) is 0.368. The monoisotopic (exact) mass is 286 g/mol. The molecule has 0 aliphatic heterocycles. The predicted octanol–water partition coefficient (Wildman–Crippen LogP) is 4.64. The molecule has 0 fully saturated rings. The summed E-state index contributed by atoms with van der Waals surface area (Å²) in [6.07, 6.45) is -0.379. The van der Waals surface area contributed by atoms with Gasteiger partial charge in [-0.3, -0.25) is 0 Å². The second-order valence-corrected chi connectivity index (χ2v) is 5.85. The van der Waals surface area contributed by atoms with Crippen LogP contribution in [0.15, 0.2) is 24.3 Å². The van der Waals surface area contributed by atoms with Crippen molar-refractivity contribution in [3.8, 4) is 0 Å². The summed E-state index contributed by atoms with van der Waals surface area (Å²) in [5, 5.41) is 10.6. The first-order valence-corrected chi connectivity index (χ1v) is 7.33. The first kappa shape index (κ1) is 15.7. The van der Waals surface area contributed by atoms with Crippen molar-refractivity contribution in [2.45, 2.75) is 47.1 Å². The van der Waals surface area contributed by atoms with Crippen molar-refractivity contribution in [2.24, 2.45) is 0 Å². The van der Waals surface area contributed by atoms with Crippen LogP contribution in [0.3, 0.4) is 0 Å². The van der Waals surface area contributed by atoms with Gasteiger partial charge in [0.15, 0.2) is 0 Å². The van der Waals surface area contributed by atoms with Crippen molar-refractivity contribution in [2.75, 3.05) is 0 Å². The van der Waals surface area contributed by atoms with Gasteiger partial charge in [-0.25, -0.2) is 4.39 Å². The predicted molar refractivity (Wildman–Crippen MR) is 85.2 cm³/mol. The molecule has 2 aromatic rings. The Balaban J connectivity index is 2.45. The molecule has 0 spiro atoms. The maximum atomic E-state index is 13.8. The number of benzene rings is 2. The van der Waals surface area contributed by atoms with Crippen LogP contribution in [0.25, 0.3) is 0 Å². The summed E-state index contributed by atoms with van der Waals surface area (Å²) in [5.74, 6) is -0.257. The lowest BCUT2D eigenvalue weighted by Crippen LogP contribution is -2.11. The molecule has 1 unspecified atom stereocenters. The summed E-state index contributed by atoms with van der Waals surface area (Å²) in [4.78, 5) is 0. The summed E-state index contributed by atoms with van der Waals surface area (Å²) in [7, 11) is 0. The third-order valence-corrected chi connectivity index (χ3v) is 4.76. The summed E-state index contributed by atoms with van der Waals surface area (Å²) in [5.41, 5.74) is 7.41. The molecule has 1 N–H and O–H groups in total. The van der Waals surface area contributed by atoms with Crippen molar-refractivity contribution in [3.63, 3.8) is 0 Å². The van der Waals surface area contributed by atoms with Crippen LogP contribution in [0.1, 0.15) is 45.0 Å². The molecule has 0 heterocycles. The quantitative estimate of drug-likeness (QED) is 0.871. The smallest absolute Gasteiger partial charge is 0.126 e. The number of aliphatic hydroxyl groups is 1. The maximum Gasteiger partial charge on any atom is 0.126 e. The third-order valence-electron chi connectivity index (χ3n) is 4.76. The molecule has 0 amide bonds. The molecule has 2 heteroatoms. The topological polar surface area (TPSA) is 20.2 Å². The minimum atomic E-state index is -0.681. The molecule has 2 rings (SSSR count). The molecule has 1 nitrogen and oxygen atoms in total. The average Bonchev–Trinajstić information content (AvgIpc) is 2.46. The standard InChI is InChI=1S/C19H23FO/c1-11-12(2)14(4)19(15(5)13(11)3)18(21)10-16-8-6-7-9-17(16)20/h6-9,18,21H,10H2,1-5H3. The van der Waals surface area contributed by atoms with Gasteiger partial charge >= 0.3 is 0 Å². The molecule has 0 saturated carbocycles. The first-order chi connectivity index (χ1) is 9.84. The van der Waals surface area contributed by atoms with Gasteiger partial charge in [0.1, 0.15) is 5.82 Å². The van der Waals surface area contributed by atoms with Crippen molar-refractivity contribution in [1.82, 2.24) is 0 Å². The molecule has 2 aromatic carbocycles. The maximum absolute atomic E-state index is 13.8. The Morgan fingerprint density at radius 3 is 1.86 bits per heavy atom. The number of halogens is 1. The van der Waals surface area contributed by atoms with E-state index in [1.165, 1.54) is 22.8 Å². The molecule has 0 aromatic heterocycles. The third kappa shape index (κ3) is 2.86. The van der Waals surface area contributed by atoms with E-state index in [0.29, 0.717) is 12.0 Å². The van der Waals surface area contributed by atoms with E-state index >= 15 is 0 Å². The molecule has 112 valence electrons. The first-order valence-electron chi connectivity index (χ1n) is 7.33. The van der Waals surface area contributed by atoms with Crippen molar-refractivity contribution in [1.29, 1.82) is 0 Å². The highest BCUT2D eigenvalue weighted by atomic mass is 19.1. The zero-order valence-electron chi connectivity index (χ0n) is 13.4. The van der Waals surface area contributed by atoms with E-state index in [1.54, 1.807) is 18.2 Å². The Morgan fingerprint density at radius 2 is 1.33 bits per heavy atom. The normalized spacial score (nSPS) is 12.5. The zero-order valence-corrected chi connectivity index (χ0v) is 13.4. The second-order valence-electron chi connectivity index (χ2n) is 5.85. The van der Waals surface area contributed by atoms with Gasteiger partial charge in [-0.15, -0.1) is 0 Å². The van der Waals surface area contributed by atoms with Gasteiger partial charge in [-0.1, -0.05) is 18.2 Å². The highest BCUT2D eigenvalue weighted by Gasteiger charge is 2.19. The summed E-state index contributed by atoms with van der Waals surface area (Å²) in [6, 6.07) is 6.64. The zero-order chi connectivity index (χ0) is 15.7. The minimum absolute atomic E-state index is 0.257. The molecule has 0 aliphatic carbocycles. The fourth-order valence-electron chi connectivity index (χ4n) is 3.00.